The molecule has 0 aliphatic rings. The maximum atomic E-state index is 12.6. The zero-order valence-electron chi connectivity index (χ0n) is 13.3. The fourth-order valence-electron chi connectivity index (χ4n) is 2.68. The Hall–Kier alpha value is -3.61. The van der Waals surface area contributed by atoms with Crippen molar-refractivity contribution in [2.45, 2.75) is 0 Å². The summed E-state index contributed by atoms with van der Waals surface area (Å²) in [6.07, 6.45) is 2.89. The molecule has 2 N–H and O–H groups in total. The number of fused-ring (bicyclic) bond motifs is 3. The topological polar surface area (TPSA) is 92.5 Å². The summed E-state index contributed by atoms with van der Waals surface area (Å²) in [5.74, 6) is 0.374. The van der Waals surface area contributed by atoms with Gasteiger partial charge in [0.05, 0.1) is 13.3 Å². The number of methoxy groups -OCH3 is 1. The Balaban J connectivity index is 1.78. The zero-order valence-corrected chi connectivity index (χ0v) is 13.3. The normalized spacial score (nSPS) is 11.6. The quantitative estimate of drug-likeness (QED) is 0.563. The largest absolute Gasteiger partial charge is 0.504 e. The van der Waals surface area contributed by atoms with Crippen LogP contribution in [-0.4, -0.2) is 33.1 Å². The second-order valence-corrected chi connectivity index (χ2v) is 5.46. The number of nitrogens with one attached hydrogen (secondary N) is 1. The molecule has 2 aromatic carbocycles. The highest BCUT2D eigenvalue weighted by atomic mass is 16.5. The molecule has 4 rings (SSSR count). The molecule has 0 unspecified atom stereocenters. The van der Waals surface area contributed by atoms with Crippen LogP contribution >= 0.6 is 0 Å². The van der Waals surface area contributed by atoms with Crippen molar-refractivity contribution in [1.82, 2.24) is 14.6 Å². The summed E-state index contributed by atoms with van der Waals surface area (Å²) < 4.78 is 6.22. The van der Waals surface area contributed by atoms with Gasteiger partial charge in [0.15, 0.2) is 11.5 Å². The third kappa shape index (κ3) is 2.51. The smallest absolute Gasteiger partial charge is 0.298 e. The number of aromatic amines is 1. The number of benzene rings is 2. The van der Waals surface area contributed by atoms with Crippen molar-refractivity contribution in [3.8, 4) is 11.5 Å². The molecule has 7 nitrogen and oxygen atoms in total. The highest BCUT2D eigenvalue weighted by molar-refractivity contribution is 6.04. The van der Waals surface area contributed by atoms with Crippen LogP contribution in [0.2, 0.25) is 0 Å². The first kappa shape index (κ1) is 14.9. The van der Waals surface area contributed by atoms with Crippen molar-refractivity contribution in [2.75, 3.05) is 7.11 Å². The first-order valence-electron chi connectivity index (χ1n) is 7.57. The lowest BCUT2D eigenvalue weighted by Crippen LogP contribution is -2.17. The summed E-state index contributed by atoms with van der Waals surface area (Å²) in [6.45, 7) is 0. The molecule has 0 fully saturated rings. The maximum Gasteiger partial charge on any atom is 0.298 e. The van der Waals surface area contributed by atoms with Crippen LogP contribution in [0.25, 0.3) is 21.9 Å². The first-order valence-corrected chi connectivity index (χ1v) is 7.57. The van der Waals surface area contributed by atoms with Crippen LogP contribution < -0.4 is 10.3 Å². The van der Waals surface area contributed by atoms with E-state index < -0.39 is 0 Å². The number of H-pyrrole nitrogens is 1. The van der Waals surface area contributed by atoms with Gasteiger partial charge in [0.1, 0.15) is 17.4 Å². The van der Waals surface area contributed by atoms with Crippen LogP contribution in [0.3, 0.4) is 0 Å². The van der Waals surface area contributed by atoms with Gasteiger partial charge in [-0.15, -0.1) is 0 Å². The molecule has 2 aromatic heterocycles. The predicted octanol–water partition coefficient (Wildman–Crippen LogP) is 2.47. The van der Waals surface area contributed by atoms with Gasteiger partial charge in [-0.05, 0) is 29.8 Å². The number of aromatic nitrogens is 3. The van der Waals surface area contributed by atoms with E-state index in [0.29, 0.717) is 22.3 Å². The molecule has 0 atom stereocenters. The molecule has 0 spiro atoms. The van der Waals surface area contributed by atoms with Crippen LogP contribution in [0.15, 0.2) is 58.7 Å². The first-order chi connectivity index (χ1) is 12.2. The molecule has 0 aliphatic carbocycles. The Morgan fingerprint density at radius 3 is 2.96 bits per heavy atom. The minimum Gasteiger partial charge on any atom is -0.504 e. The van der Waals surface area contributed by atoms with Gasteiger partial charge >= 0.3 is 0 Å². The van der Waals surface area contributed by atoms with Gasteiger partial charge in [0.25, 0.3) is 5.56 Å². The Kier molecular flexibility index (Phi) is 3.46. The fourth-order valence-corrected chi connectivity index (χ4v) is 2.68. The van der Waals surface area contributed by atoms with Gasteiger partial charge in [-0.1, -0.05) is 18.2 Å². The van der Waals surface area contributed by atoms with E-state index in [1.165, 1.54) is 25.7 Å². The molecule has 2 heterocycles. The van der Waals surface area contributed by atoms with Crippen LogP contribution in [0, 0.1) is 0 Å². The van der Waals surface area contributed by atoms with Crippen LogP contribution in [0.5, 0.6) is 11.5 Å². The summed E-state index contributed by atoms with van der Waals surface area (Å²) >= 11 is 0. The molecule has 0 saturated carbocycles. The number of aromatic hydroxyl groups is 1. The van der Waals surface area contributed by atoms with Crippen molar-refractivity contribution >= 4 is 28.2 Å². The van der Waals surface area contributed by atoms with Crippen LogP contribution in [0.4, 0.5) is 0 Å². The van der Waals surface area contributed by atoms with Crippen molar-refractivity contribution in [1.29, 1.82) is 0 Å². The Morgan fingerprint density at radius 1 is 1.28 bits per heavy atom. The summed E-state index contributed by atoms with van der Waals surface area (Å²) in [5.41, 5.74) is 2.27. The number of ether oxygens (including phenoxy) is 1. The molecule has 0 bridgehead atoms. The lowest BCUT2D eigenvalue weighted by Gasteiger charge is -2.03. The Labute approximate surface area is 141 Å². The number of rotatable bonds is 3. The summed E-state index contributed by atoms with van der Waals surface area (Å²) in [5, 5.41) is 14.7. The second-order valence-electron chi connectivity index (χ2n) is 5.46. The van der Waals surface area contributed by atoms with E-state index >= 15 is 0 Å². The molecule has 0 amide bonds. The van der Waals surface area contributed by atoms with Gasteiger partial charge < -0.3 is 14.8 Å². The lowest BCUT2D eigenvalue weighted by atomic mass is 10.2. The average molecular weight is 334 g/mol. The van der Waals surface area contributed by atoms with Gasteiger partial charge in [-0.25, -0.2) is 4.98 Å². The van der Waals surface area contributed by atoms with E-state index in [0.717, 1.165) is 15.6 Å². The van der Waals surface area contributed by atoms with Crippen molar-refractivity contribution in [2.24, 2.45) is 5.10 Å². The molecule has 0 radical (unpaired) electrons. The van der Waals surface area contributed by atoms with E-state index in [1.807, 2.05) is 24.3 Å². The molecule has 7 heteroatoms. The predicted molar refractivity (Wildman–Crippen MR) is 95.5 cm³/mol. The third-order valence-electron chi connectivity index (χ3n) is 3.93. The zero-order chi connectivity index (χ0) is 17.4. The SMILES string of the molecule is COc1cc(C=Nn2cnc3c([nH]c4ccccc43)c2=O)ccc1O. The summed E-state index contributed by atoms with van der Waals surface area (Å²) in [4.78, 5) is 20.0. The molecule has 0 saturated heterocycles. The molecular formula is C18H14N4O3. The standard InChI is InChI=1S/C18H14N4O3/c1-25-15-8-11(6-7-14(15)23)9-20-22-10-19-16-12-4-2-3-5-13(12)21-17(16)18(22)24/h2-10,21,23H,1H3. The maximum absolute atomic E-state index is 12.6. The number of phenols is 1. The number of para-hydroxylation sites is 1. The van der Waals surface area contributed by atoms with Gasteiger partial charge in [-0.2, -0.15) is 9.78 Å². The van der Waals surface area contributed by atoms with Crippen LogP contribution in [0.1, 0.15) is 5.56 Å². The van der Waals surface area contributed by atoms with E-state index in [-0.39, 0.29) is 11.3 Å². The highest BCUT2D eigenvalue weighted by Crippen LogP contribution is 2.25. The van der Waals surface area contributed by atoms with Crippen molar-refractivity contribution in [3.63, 3.8) is 0 Å². The third-order valence-corrected chi connectivity index (χ3v) is 3.93. The van der Waals surface area contributed by atoms with Gasteiger partial charge in [0, 0.05) is 10.9 Å². The molecule has 25 heavy (non-hydrogen) atoms. The minimum atomic E-state index is -0.289. The van der Waals surface area contributed by atoms with Gasteiger partial charge in [-0.3, -0.25) is 4.79 Å². The lowest BCUT2D eigenvalue weighted by molar-refractivity contribution is 0.373. The average Bonchev–Trinajstić information content (AvgIpc) is 3.02. The van der Waals surface area contributed by atoms with Crippen molar-refractivity contribution in [3.05, 3.63) is 64.7 Å². The monoisotopic (exact) mass is 334 g/mol. The number of nitrogens with zero attached hydrogens (tertiary/aromatic N) is 3. The number of phenolic OH excluding ortho intramolecular Hbond substituents is 1. The number of hydrogen-bond donors (Lipinski definition) is 2. The van der Waals surface area contributed by atoms with E-state index in [1.54, 1.807) is 12.1 Å². The molecular weight excluding hydrogens is 320 g/mol. The molecule has 124 valence electrons. The fraction of sp³-hybridized carbons (Fsp3) is 0.0556. The Bertz CT molecular complexity index is 1170. The van der Waals surface area contributed by atoms with Crippen LogP contribution in [-0.2, 0) is 0 Å². The number of hydrogen-bond acceptors (Lipinski definition) is 5. The van der Waals surface area contributed by atoms with E-state index in [9.17, 15) is 9.90 Å². The summed E-state index contributed by atoms with van der Waals surface area (Å²) in [7, 11) is 1.47. The van der Waals surface area contributed by atoms with Gasteiger partial charge in [0.2, 0.25) is 0 Å². The molecule has 0 aliphatic heterocycles. The summed E-state index contributed by atoms with van der Waals surface area (Å²) in [6, 6.07) is 12.4. The molecule has 4 aromatic rings. The highest BCUT2D eigenvalue weighted by Gasteiger charge is 2.10. The van der Waals surface area contributed by atoms with E-state index in [2.05, 4.69) is 15.1 Å². The van der Waals surface area contributed by atoms with Crippen molar-refractivity contribution < 1.29 is 9.84 Å². The minimum absolute atomic E-state index is 0.0398. The van der Waals surface area contributed by atoms with E-state index in [4.69, 9.17) is 4.74 Å². The second kappa shape index (κ2) is 5.79. The Morgan fingerprint density at radius 2 is 2.12 bits per heavy atom.